The van der Waals surface area contributed by atoms with E-state index in [1.807, 2.05) is 0 Å². The third-order valence-electron chi connectivity index (χ3n) is 2.14. The van der Waals surface area contributed by atoms with Gasteiger partial charge < -0.3 is 9.66 Å². The van der Waals surface area contributed by atoms with Gasteiger partial charge in [0.2, 0.25) is 0 Å². The Kier molecular flexibility index (Phi) is 4.79. The molecule has 0 amide bonds. The number of rotatable bonds is 5. The number of aliphatic hydroxyl groups is 1. The maximum absolute atomic E-state index is 10.8. The largest absolute Gasteiger partial charge is 0.388 e. The summed E-state index contributed by atoms with van der Waals surface area (Å²) in [5.74, 6) is -0.00339. The summed E-state index contributed by atoms with van der Waals surface area (Å²) < 4.78 is 19.2. The summed E-state index contributed by atoms with van der Waals surface area (Å²) in [5, 5.41) is 9.63. The van der Waals surface area contributed by atoms with Gasteiger partial charge in [0.15, 0.2) is 11.1 Å². The first-order valence-electron chi connectivity index (χ1n) is 4.83. The molecule has 1 aromatic carbocycles. The van der Waals surface area contributed by atoms with E-state index in [0.29, 0.717) is 5.56 Å². The second-order valence-electron chi connectivity index (χ2n) is 3.63. The van der Waals surface area contributed by atoms with E-state index in [0.717, 1.165) is 5.56 Å². The van der Waals surface area contributed by atoms with Gasteiger partial charge in [0.1, 0.15) is 5.78 Å². The highest BCUT2D eigenvalue weighted by Crippen LogP contribution is 2.17. The zero-order valence-corrected chi connectivity index (χ0v) is 9.74. The summed E-state index contributed by atoms with van der Waals surface area (Å²) in [5.41, 5.74) is 1.36. The van der Waals surface area contributed by atoms with Crippen LogP contribution in [0.25, 0.3) is 0 Å². The minimum atomic E-state index is -1.86. The number of carbonyl (C=O) groups is 1. The Hall–Kier alpha value is -1.04. The van der Waals surface area contributed by atoms with Crippen molar-refractivity contribution in [3.05, 3.63) is 35.4 Å². The Balaban J connectivity index is 2.70. The van der Waals surface area contributed by atoms with Crippen molar-refractivity contribution < 1.29 is 18.7 Å². The minimum Gasteiger partial charge on any atom is -0.388 e. The number of hydrogen-bond acceptors (Lipinski definition) is 3. The van der Waals surface area contributed by atoms with E-state index in [2.05, 4.69) is 0 Å². The molecule has 16 heavy (non-hydrogen) atoms. The van der Waals surface area contributed by atoms with Gasteiger partial charge in [-0.15, -0.1) is 0 Å². The van der Waals surface area contributed by atoms with Crippen LogP contribution in [0, 0.1) is 0 Å². The smallest absolute Gasteiger partial charge is 0.157 e. The standard InChI is InChI=1S/C11H14O4S/c1-8(12)6-11(13)10-4-2-9(3-5-10)7-16(14)15/h2-5,11,13H,6-7H2,1H3,(H,14,15)/t11-/m1/s1. The molecule has 0 aliphatic rings. The lowest BCUT2D eigenvalue weighted by Gasteiger charge is -2.09. The van der Waals surface area contributed by atoms with Gasteiger partial charge in [-0.3, -0.25) is 4.79 Å². The molecule has 0 saturated carbocycles. The highest BCUT2D eigenvalue weighted by molar-refractivity contribution is 7.78. The van der Waals surface area contributed by atoms with Crippen molar-refractivity contribution in [1.29, 1.82) is 0 Å². The van der Waals surface area contributed by atoms with E-state index in [9.17, 15) is 14.1 Å². The normalized spacial score (nSPS) is 14.4. The molecule has 0 aliphatic heterocycles. The number of benzene rings is 1. The lowest BCUT2D eigenvalue weighted by molar-refractivity contribution is -0.118. The molecule has 5 heteroatoms. The summed E-state index contributed by atoms with van der Waals surface area (Å²) in [4.78, 5) is 10.8. The molecule has 0 bridgehead atoms. The van der Waals surface area contributed by atoms with Gasteiger partial charge in [-0.25, -0.2) is 4.21 Å². The van der Waals surface area contributed by atoms with Crippen molar-refractivity contribution in [2.75, 3.05) is 0 Å². The predicted molar refractivity (Wildman–Crippen MR) is 61.2 cm³/mol. The van der Waals surface area contributed by atoms with Crippen molar-refractivity contribution in [1.82, 2.24) is 0 Å². The van der Waals surface area contributed by atoms with Crippen LogP contribution in [-0.4, -0.2) is 19.7 Å². The zero-order valence-electron chi connectivity index (χ0n) is 8.92. The highest BCUT2D eigenvalue weighted by atomic mass is 32.2. The van der Waals surface area contributed by atoms with Gasteiger partial charge in [0.25, 0.3) is 0 Å². The Morgan fingerprint density at radius 1 is 1.38 bits per heavy atom. The molecule has 0 heterocycles. The first-order chi connectivity index (χ1) is 7.49. The topological polar surface area (TPSA) is 74.6 Å². The number of carbonyl (C=O) groups excluding carboxylic acids is 1. The van der Waals surface area contributed by atoms with E-state index >= 15 is 0 Å². The monoisotopic (exact) mass is 242 g/mol. The maximum Gasteiger partial charge on any atom is 0.157 e. The van der Waals surface area contributed by atoms with Crippen LogP contribution < -0.4 is 0 Å². The Morgan fingerprint density at radius 2 is 1.94 bits per heavy atom. The molecule has 0 aliphatic carbocycles. The average molecular weight is 242 g/mol. The van der Waals surface area contributed by atoms with Crippen LogP contribution in [0.2, 0.25) is 0 Å². The summed E-state index contributed by atoms with van der Waals surface area (Å²) in [6.45, 7) is 1.42. The van der Waals surface area contributed by atoms with Crippen LogP contribution >= 0.6 is 0 Å². The fourth-order valence-electron chi connectivity index (χ4n) is 1.37. The van der Waals surface area contributed by atoms with Crippen LogP contribution in [0.3, 0.4) is 0 Å². The number of aliphatic hydroxyl groups excluding tert-OH is 1. The van der Waals surface area contributed by atoms with Crippen molar-refractivity contribution in [3.63, 3.8) is 0 Å². The van der Waals surface area contributed by atoms with Crippen molar-refractivity contribution >= 4 is 16.9 Å². The van der Waals surface area contributed by atoms with Gasteiger partial charge in [-0.05, 0) is 18.1 Å². The first-order valence-corrected chi connectivity index (χ1v) is 6.10. The molecule has 2 N–H and O–H groups in total. The molecule has 2 atom stereocenters. The summed E-state index contributed by atoms with van der Waals surface area (Å²) in [6, 6.07) is 6.67. The molecule has 0 fully saturated rings. The first kappa shape index (κ1) is 13.0. The van der Waals surface area contributed by atoms with Crippen molar-refractivity contribution in [2.45, 2.75) is 25.2 Å². The molecule has 0 aromatic heterocycles. The quantitative estimate of drug-likeness (QED) is 0.766. The maximum atomic E-state index is 10.8. The fourth-order valence-corrected chi connectivity index (χ4v) is 1.85. The number of ketones is 1. The van der Waals surface area contributed by atoms with E-state index in [-0.39, 0.29) is 18.0 Å². The molecule has 1 rings (SSSR count). The van der Waals surface area contributed by atoms with Crippen LogP contribution in [0.4, 0.5) is 0 Å². The van der Waals surface area contributed by atoms with Gasteiger partial charge in [0.05, 0.1) is 11.9 Å². The SMILES string of the molecule is CC(=O)C[C@@H](O)c1ccc(CS(=O)O)cc1. The fraction of sp³-hybridized carbons (Fsp3) is 0.364. The van der Waals surface area contributed by atoms with Crippen LogP contribution in [0.5, 0.6) is 0 Å². The molecule has 1 aromatic rings. The summed E-state index contributed by atoms with van der Waals surface area (Å²) in [6.07, 6.45) is -0.711. The molecule has 0 spiro atoms. The molecular formula is C11H14O4S. The summed E-state index contributed by atoms with van der Waals surface area (Å²) in [7, 11) is 0. The highest BCUT2D eigenvalue weighted by Gasteiger charge is 2.09. The van der Waals surface area contributed by atoms with E-state index in [4.69, 9.17) is 4.55 Å². The molecule has 1 unspecified atom stereocenters. The third kappa shape index (κ3) is 4.22. The zero-order chi connectivity index (χ0) is 12.1. The van der Waals surface area contributed by atoms with E-state index < -0.39 is 17.2 Å². The molecule has 88 valence electrons. The Labute approximate surface area is 96.6 Å². The minimum absolute atomic E-state index is 0.0725. The molecular weight excluding hydrogens is 228 g/mol. The Bertz CT molecular complexity index is 385. The molecule has 4 nitrogen and oxygen atoms in total. The third-order valence-corrected chi connectivity index (χ3v) is 2.72. The number of hydrogen-bond donors (Lipinski definition) is 2. The Morgan fingerprint density at radius 3 is 2.38 bits per heavy atom. The number of Topliss-reactive ketones (excluding diaryl/α,β-unsaturated/α-hetero) is 1. The lowest BCUT2D eigenvalue weighted by Crippen LogP contribution is -2.03. The van der Waals surface area contributed by atoms with Gasteiger partial charge in [-0.2, -0.15) is 0 Å². The van der Waals surface area contributed by atoms with Crippen LogP contribution in [0.15, 0.2) is 24.3 Å². The van der Waals surface area contributed by atoms with Crippen molar-refractivity contribution in [3.8, 4) is 0 Å². The van der Waals surface area contributed by atoms with Gasteiger partial charge in [-0.1, -0.05) is 24.3 Å². The van der Waals surface area contributed by atoms with Gasteiger partial charge >= 0.3 is 0 Å². The van der Waals surface area contributed by atoms with Crippen LogP contribution in [-0.2, 0) is 21.6 Å². The lowest BCUT2D eigenvalue weighted by atomic mass is 10.0. The van der Waals surface area contributed by atoms with Crippen LogP contribution in [0.1, 0.15) is 30.6 Å². The second-order valence-corrected chi connectivity index (χ2v) is 4.56. The second kappa shape index (κ2) is 5.89. The van der Waals surface area contributed by atoms with E-state index in [1.165, 1.54) is 6.92 Å². The summed E-state index contributed by atoms with van der Waals surface area (Å²) >= 11 is -1.86. The molecule has 0 saturated heterocycles. The van der Waals surface area contributed by atoms with Crippen molar-refractivity contribution in [2.24, 2.45) is 0 Å². The predicted octanol–water partition coefficient (Wildman–Crippen LogP) is 1.42. The van der Waals surface area contributed by atoms with E-state index in [1.54, 1.807) is 24.3 Å². The average Bonchev–Trinajstić information content (AvgIpc) is 2.16. The molecule has 0 radical (unpaired) electrons. The van der Waals surface area contributed by atoms with Gasteiger partial charge in [0, 0.05) is 6.42 Å².